The Balaban J connectivity index is 1.35. The zero-order valence-corrected chi connectivity index (χ0v) is 28.1. The molecule has 0 aliphatic heterocycles. The molecule has 2 aliphatic rings. The SMILES string of the molecule is CNc1nnc2c(-c3ccc(C#CC(C)(C)O)nc3C(Cc3cc(F)cc(F)c3)NC(=O)Cn3nc(C(F)F)c4c3C(F)(F)C3CCC43)cccn12. The topological polar surface area (TPSA) is 122 Å². The van der Waals surface area contributed by atoms with Gasteiger partial charge in [-0.2, -0.15) is 13.9 Å². The number of hydrogen-bond donors (Lipinski definition) is 3. The number of carbonyl (C=O) groups excluding carboxylic acids is 1. The van der Waals surface area contributed by atoms with Crippen LogP contribution in [-0.4, -0.2) is 53.0 Å². The van der Waals surface area contributed by atoms with E-state index >= 15 is 8.78 Å². The molecule has 2 aliphatic carbocycles. The fourth-order valence-electron chi connectivity index (χ4n) is 7.05. The van der Waals surface area contributed by atoms with Crippen LogP contribution >= 0.6 is 0 Å². The van der Waals surface area contributed by atoms with Crippen LogP contribution in [0.2, 0.25) is 0 Å². The van der Waals surface area contributed by atoms with Gasteiger partial charge in [0.1, 0.15) is 40.9 Å². The van der Waals surface area contributed by atoms with Crippen molar-refractivity contribution >= 4 is 17.5 Å². The number of anilines is 1. The quantitative estimate of drug-likeness (QED) is 0.125. The highest BCUT2D eigenvalue weighted by Gasteiger charge is 2.62. The van der Waals surface area contributed by atoms with E-state index in [0.717, 1.165) is 12.1 Å². The van der Waals surface area contributed by atoms with Crippen molar-refractivity contribution in [1.29, 1.82) is 0 Å². The molecule has 0 bridgehead atoms. The Morgan fingerprint density at radius 3 is 2.48 bits per heavy atom. The summed E-state index contributed by atoms with van der Waals surface area (Å²) in [6.07, 6.45) is -1.20. The van der Waals surface area contributed by atoms with Crippen molar-refractivity contribution in [2.24, 2.45) is 5.92 Å². The van der Waals surface area contributed by atoms with E-state index in [-0.39, 0.29) is 35.4 Å². The number of alkyl halides is 4. The smallest absolute Gasteiger partial charge is 0.293 e. The van der Waals surface area contributed by atoms with Gasteiger partial charge in [0.25, 0.3) is 12.3 Å². The third-order valence-electron chi connectivity index (χ3n) is 9.34. The molecule has 16 heteroatoms. The van der Waals surface area contributed by atoms with Crippen LogP contribution < -0.4 is 10.6 Å². The number of nitrogens with one attached hydrogen (secondary N) is 2. The van der Waals surface area contributed by atoms with Crippen LogP contribution in [0.3, 0.4) is 0 Å². The van der Waals surface area contributed by atoms with Crippen molar-refractivity contribution < 1.29 is 36.2 Å². The summed E-state index contributed by atoms with van der Waals surface area (Å²) in [6.45, 7) is 2.10. The molecule has 4 heterocycles. The lowest BCUT2D eigenvalue weighted by atomic mass is 9.73. The van der Waals surface area contributed by atoms with Gasteiger partial charge in [0.05, 0.1) is 11.7 Å². The van der Waals surface area contributed by atoms with Crippen LogP contribution in [-0.2, 0) is 23.7 Å². The number of amides is 1. The lowest BCUT2D eigenvalue weighted by Crippen LogP contribution is -2.36. The van der Waals surface area contributed by atoms with Crippen molar-refractivity contribution in [1.82, 2.24) is 34.7 Å². The van der Waals surface area contributed by atoms with Crippen molar-refractivity contribution in [2.45, 2.75) is 69.6 Å². The number of aliphatic hydroxyl groups is 1. The molecular weight excluding hydrogens is 690 g/mol. The molecule has 4 aromatic heterocycles. The first-order valence-corrected chi connectivity index (χ1v) is 16.4. The number of carbonyl (C=O) groups is 1. The maximum atomic E-state index is 15.5. The minimum absolute atomic E-state index is 0.116. The van der Waals surface area contributed by atoms with E-state index in [4.69, 9.17) is 4.98 Å². The summed E-state index contributed by atoms with van der Waals surface area (Å²) < 4.78 is 90.4. The molecular formula is C36H32F6N8O2. The van der Waals surface area contributed by atoms with E-state index in [9.17, 15) is 27.5 Å². The molecule has 3 N–H and O–H groups in total. The number of nitrogens with zero attached hydrogens (tertiary/aromatic N) is 6. The Bertz CT molecular complexity index is 2250. The minimum atomic E-state index is -3.47. The molecule has 3 atom stereocenters. The molecule has 52 heavy (non-hydrogen) atoms. The molecule has 5 aromatic rings. The van der Waals surface area contributed by atoms with E-state index in [1.807, 2.05) is 0 Å². The third kappa shape index (κ3) is 6.33. The van der Waals surface area contributed by atoms with E-state index in [1.165, 1.54) is 13.8 Å². The van der Waals surface area contributed by atoms with E-state index in [1.54, 1.807) is 41.9 Å². The summed E-state index contributed by atoms with van der Waals surface area (Å²) in [5.74, 6) is -2.17. The highest BCUT2D eigenvalue weighted by molar-refractivity contribution is 5.81. The number of rotatable bonds is 9. The van der Waals surface area contributed by atoms with Crippen molar-refractivity contribution in [3.8, 4) is 23.0 Å². The highest BCUT2D eigenvalue weighted by atomic mass is 19.3. The van der Waals surface area contributed by atoms with Gasteiger partial charge >= 0.3 is 0 Å². The summed E-state index contributed by atoms with van der Waals surface area (Å²) in [5.41, 5.74) is -1.37. The average molecular weight is 723 g/mol. The predicted octanol–water partition coefficient (Wildman–Crippen LogP) is 6.07. The first kappa shape index (κ1) is 35.0. The molecule has 3 unspecified atom stereocenters. The Hall–Kier alpha value is -5.43. The van der Waals surface area contributed by atoms with Gasteiger partial charge < -0.3 is 15.7 Å². The molecule has 0 saturated heterocycles. The second kappa shape index (κ2) is 13.0. The maximum Gasteiger partial charge on any atom is 0.293 e. The fraction of sp³-hybridized carbons (Fsp3) is 0.361. The summed E-state index contributed by atoms with van der Waals surface area (Å²) in [5, 5.41) is 28.2. The first-order chi connectivity index (χ1) is 24.6. The number of aromatic nitrogens is 6. The average Bonchev–Trinajstić information content (AvgIpc) is 3.67. The van der Waals surface area contributed by atoms with Gasteiger partial charge in [0.2, 0.25) is 11.9 Å². The van der Waals surface area contributed by atoms with Gasteiger partial charge in [-0.15, -0.1) is 10.2 Å². The largest absolute Gasteiger partial charge is 0.378 e. The van der Waals surface area contributed by atoms with Gasteiger partial charge in [-0.05, 0) is 86.9 Å². The molecule has 0 radical (unpaired) electrons. The molecule has 1 aromatic carbocycles. The Kier molecular flexibility index (Phi) is 8.72. The second-order valence-corrected chi connectivity index (χ2v) is 13.4. The minimum Gasteiger partial charge on any atom is -0.378 e. The number of fused-ring (bicyclic) bond motifs is 4. The van der Waals surface area contributed by atoms with Crippen molar-refractivity contribution in [3.63, 3.8) is 0 Å². The summed E-state index contributed by atoms with van der Waals surface area (Å²) in [7, 11) is 1.66. The molecule has 7 rings (SSSR count). The lowest BCUT2D eigenvalue weighted by Gasteiger charge is -2.34. The van der Waals surface area contributed by atoms with Crippen LogP contribution in [0, 0.1) is 29.4 Å². The summed E-state index contributed by atoms with van der Waals surface area (Å²) in [6, 6.07) is 8.30. The zero-order valence-electron chi connectivity index (χ0n) is 28.1. The highest BCUT2D eigenvalue weighted by Crippen LogP contribution is 2.63. The Morgan fingerprint density at radius 1 is 1.08 bits per heavy atom. The van der Waals surface area contributed by atoms with Gasteiger partial charge in [-0.3, -0.25) is 13.9 Å². The molecule has 1 fully saturated rings. The lowest BCUT2D eigenvalue weighted by molar-refractivity contribution is -0.123. The van der Waals surface area contributed by atoms with Gasteiger partial charge in [0.15, 0.2) is 5.65 Å². The van der Waals surface area contributed by atoms with Gasteiger partial charge in [-0.1, -0.05) is 5.92 Å². The standard InChI is InChI=1S/C36H32F6N8O2/c1-35(2,52)11-10-21-6-7-22(23-5-4-12-49-33(23)46-47-34(49)43-3)29(44-21)26(15-18-13-19(37)16-20(38)14-18)45-27(51)17-50-31-28(30(48-50)32(39)40)24-8-9-25(24)36(31,41)42/h4-7,12-14,16,24-26,32,52H,8-9,15,17H2,1-3H3,(H,43,47)(H,45,51). The van der Waals surface area contributed by atoms with Crippen LogP contribution in [0.5, 0.6) is 0 Å². The van der Waals surface area contributed by atoms with E-state index in [0.29, 0.717) is 39.9 Å². The van der Waals surface area contributed by atoms with Crippen LogP contribution in [0.1, 0.15) is 79.0 Å². The third-order valence-corrected chi connectivity index (χ3v) is 9.34. The van der Waals surface area contributed by atoms with Gasteiger partial charge in [-0.25, -0.2) is 22.5 Å². The Labute approximate surface area is 293 Å². The normalized spacial score (nSPS) is 18.0. The summed E-state index contributed by atoms with van der Waals surface area (Å²) in [4.78, 5) is 18.6. The number of halogens is 6. The molecule has 0 spiro atoms. The maximum absolute atomic E-state index is 15.5. The fourth-order valence-corrected chi connectivity index (χ4v) is 7.05. The van der Waals surface area contributed by atoms with Crippen LogP contribution in [0.15, 0.2) is 48.7 Å². The molecule has 1 amide bonds. The van der Waals surface area contributed by atoms with Crippen LogP contribution in [0.25, 0.3) is 16.8 Å². The number of hydrogen-bond acceptors (Lipinski definition) is 7. The zero-order chi connectivity index (χ0) is 37.1. The van der Waals surface area contributed by atoms with E-state index in [2.05, 4.69) is 37.8 Å². The molecule has 270 valence electrons. The number of benzene rings is 1. The van der Waals surface area contributed by atoms with Crippen molar-refractivity contribution in [2.75, 3.05) is 12.4 Å². The van der Waals surface area contributed by atoms with Crippen molar-refractivity contribution in [3.05, 3.63) is 94.2 Å². The van der Waals surface area contributed by atoms with Gasteiger partial charge in [0, 0.05) is 41.9 Å². The predicted molar refractivity (Wildman–Crippen MR) is 176 cm³/mol. The monoisotopic (exact) mass is 722 g/mol. The summed E-state index contributed by atoms with van der Waals surface area (Å²) >= 11 is 0. The number of pyridine rings is 2. The Morgan fingerprint density at radius 2 is 1.83 bits per heavy atom. The molecule has 1 saturated carbocycles. The second-order valence-electron chi connectivity index (χ2n) is 13.4. The van der Waals surface area contributed by atoms with Crippen LogP contribution in [0.4, 0.5) is 32.3 Å². The van der Waals surface area contributed by atoms with E-state index < -0.39 is 71.3 Å². The molecule has 10 nitrogen and oxygen atoms in total. The first-order valence-electron chi connectivity index (χ1n) is 16.4.